The number of benzene rings is 5. The maximum atomic E-state index is 6.52. The molecule has 0 bridgehead atoms. The molecule has 10 rings (SSSR count). The van der Waals surface area contributed by atoms with Crippen LogP contribution in [0.4, 0.5) is 0 Å². The zero-order valence-corrected chi connectivity index (χ0v) is 21.4. The van der Waals surface area contributed by atoms with E-state index in [1.54, 1.807) is 0 Å². The number of nitrogens with zero attached hydrogens (tertiary/aromatic N) is 3. The van der Waals surface area contributed by atoms with Crippen molar-refractivity contribution in [3.05, 3.63) is 122 Å². The van der Waals surface area contributed by atoms with Gasteiger partial charge in [-0.05, 0) is 58.9 Å². The lowest BCUT2D eigenvalue weighted by Gasteiger charge is -2.33. The summed E-state index contributed by atoms with van der Waals surface area (Å²) in [5.74, 6) is 1.88. The molecule has 3 aromatic heterocycles. The summed E-state index contributed by atoms with van der Waals surface area (Å²) in [6.07, 6.45) is 3.80. The van der Waals surface area contributed by atoms with Crippen molar-refractivity contribution in [3.8, 4) is 22.9 Å². The van der Waals surface area contributed by atoms with Crippen LogP contribution < -0.4 is 21.1 Å². The van der Waals surface area contributed by atoms with Crippen LogP contribution in [0.25, 0.3) is 55.0 Å². The number of hydrogen-bond donors (Lipinski definition) is 0. The minimum atomic E-state index is 0.0837. The molecule has 0 fully saturated rings. The van der Waals surface area contributed by atoms with Crippen LogP contribution in [0.5, 0.6) is 11.5 Å². The first-order valence-electron chi connectivity index (χ1n) is 13.7. The van der Waals surface area contributed by atoms with Crippen molar-refractivity contribution < 1.29 is 4.74 Å². The van der Waals surface area contributed by atoms with Crippen LogP contribution in [0, 0.1) is 0 Å². The largest absolute Gasteiger partial charge is 0.458 e. The lowest BCUT2D eigenvalue weighted by atomic mass is 9.34. The highest BCUT2D eigenvalue weighted by atomic mass is 16.5. The molecule has 0 aliphatic carbocycles. The van der Waals surface area contributed by atoms with Gasteiger partial charge in [-0.1, -0.05) is 66.7 Å². The molecule has 2 aliphatic heterocycles. The van der Waals surface area contributed by atoms with Gasteiger partial charge in [-0.25, -0.2) is 0 Å². The first-order chi connectivity index (χ1) is 19.9. The molecule has 2 aliphatic rings. The topological polar surface area (TPSA) is 32.0 Å². The van der Waals surface area contributed by atoms with Crippen LogP contribution in [0.1, 0.15) is 0 Å². The Kier molecular flexibility index (Phi) is 3.73. The predicted molar refractivity (Wildman–Crippen MR) is 164 cm³/mol. The smallest absolute Gasteiger partial charge is 0.256 e. The fourth-order valence-electron chi connectivity index (χ4n) is 7.37. The van der Waals surface area contributed by atoms with Gasteiger partial charge in [0.05, 0.1) is 34.0 Å². The maximum absolute atomic E-state index is 6.52. The molecular weight excluding hydrogens is 489 g/mol. The van der Waals surface area contributed by atoms with Crippen molar-refractivity contribution in [2.24, 2.45) is 0 Å². The van der Waals surface area contributed by atoms with Gasteiger partial charge in [-0.2, -0.15) is 0 Å². The van der Waals surface area contributed by atoms with Gasteiger partial charge in [0.15, 0.2) is 0 Å². The van der Waals surface area contributed by atoms with E-state index in [9.17, 15) is 0 Å². The Morgan fingerprint density at radius 3 is 2.25 bits per heavy atom. The number of fused-ring (bicyclic) bond motifs is 11. The molecule has 0 N–H and O–H groups in total. The van der Waals surface area contributed by atoms with Crippen molar-refractivity contribution >= 4 is 66.7 Å². The molecule has 0 unspecified atom stereocenters. The number of para-hydroxylation sites is 3. The normalized spacial score (nSPS) is 13.2. The van der Waals surface area contributed by atoms with E-state index >= 15 is 0 Å². The lowest BCUT2D eigenvalue weighted by Crippen LogP contribution is -2.58. The predicted octanol–water partition coefficient (Wildman–Crippen LogP) is 6.21. The van der Waals surface area contributed by atoms with Gasteiger partial charge in [-0.15, -0.1) is 0 Å². The summed E-state index contributed by atoms with van der Waals surface area (Å²) in [5.41, 5.74) is 10.9. The first kappa shape index (κ1) is 20.6. The molecule has 0 saturated carbocycles. The average molecular weight is 509 g/mol. The molecule has 0 amide bonds. The Morgan fingerprint density at radius 1 is 0.600 bits per heavy atom. The molecule has 0 atom stereocenters. The zero-order chi connectivity index (χ0) is 25.9. The summed E-state index contributed by atoms with van der Waals surface area (Å²) < 4.78 is 11.4. The molecule has 0 spiro atoms. The fourth-order valence-corrected chi connectivity index (χ4v) is 7.37. The summed E-state index contributed by atoms with van der Waals surface area (Å²) in [6, 6.07) is 39.2. The van der Waals surface area contributed by atoms with E-state index in [1.165, 1.54) is 65.7 Å². The van der Waals surface area contributed by atoms with Crippen LogP contribution in [-0.2, 0) is 0 Å². The SMILES string of the molecule is c1cncc(-n2c3ccccc3c3cc4c5c(c6ccccc6n5-c5cccc6c5B4c4ccccc4O6)c32)c1. The second-order valence-corrected chi connectivity index (χ2v) is 10.8. The third-order valence-electron chi connectivity index (χ3n) is 8.84. The highest BCUT2D eigenvalue weighted by Gasteiger charge is 2.41. The second kappa shape index (κ2) is 7.22. The van der Waals surface area contributed by atoms with Gasteiger partial charge in [-0.3, -0.25) is 4.98 Å². The molecule has 8 aromatic rings. The van der Waals surface area contributed by atoms with Crippen molar-refractivity contribution in [1.29, 1.82) is 0 Å². The molecule has 4 nitrogen and oxygen atoms in total. The van der Waals surface area contributed by atoms with Crippen molar-refractivity contribution in [3.63, 3.8) is 0 Å². The highest BCUT2D eigenvalue weighted by molar-refractivity contribution is 6.99. The number of pyridine rings is 1. The molecular formula is C35H20BN3O. The second-order valence-electron chi connectivity index (χ2n) is 10.8. The third kappa shape index (κ3) is 2.37. The van der Waals surface area contributed by atoms with Crippen LogP contribution in [-0.4, -0.2) is 20.8 Å². The molecule has 184 valence electrons. The fraction of sp³-hybridized carbons (Fsp3) is 0. The molecule has 5 heterocycles. The minimum absolute atomic E-state index is 0.0837. The average Bonchev–Trinajstić information content (AvgIpc) is 3.53. The zero-order valence-electron chi connectivity index (χ0n) is 21.4. The Morgan fingerprint density at radius 2 is 1.38 bits per heavy atom. The van der Waals surface area contributed by atoms with Crippen LogP contribution in [0.3, 0.4) is 0 Å². The first-order valence-corrected chi connectivity index (χ1v) is 13.7. The van der Waals surface area contributed by atoms with Gasteiger partial charge in [0, 0.05) is 33.4 Å². The van der Waals surface area contributed by atoms with E-state index in [2.05, 4.69) is 117 Å². The Hall–Kier alpha value is -5.29. The number of aromatic nitrogens is 3. The summed E-state index contributed by atoms with van der Waals surface area (Å²) in [6.45, 7) is 0.0837. The minimum Gasteiger partial charge on any atom is -0.458 e. The molecule has 0 radical (unpaired) electrons. The molecule has 5 aromatic carbocycles. The summed E-state index contributed by atoms with van der Waals surface area (Å²) in [4.78, 5) is 4.50. The van der Waals surface area contributed by atoms with Gasteiger partial charge in [0.2, 0.25) is 0 Å². The van der Waals surface area contributed by atoms with Gasteiger partial charge in [0.1, 0.15) is 11.5 Å². The van der Waals surface area contributed by atoms with Gasteiger partial charge in [0.25, 0.3) is 6.71 Å². The number of ether oxygens (including phenoxy) is 1. The van der Waals surface area contributed by atoms with Crippen LogP contribution >= 0.6 is 0 Å². The van der Waals surface area contributed by atoms with E-state index in [1.807, 2.05) is 18.5 Å². The third-order valence-corrected chi connectivity index (χ3v) is 8.84. The van der Waals surface area contributed by atoms with E-state index < -0.39 is 0 Å². The Bertz CT molecular complexity index is 2370. The van der Waals surface area contributed by atoms with Gasteiger partial charge >= 0.3 is 0 Å². The Balaban J connectivity index is 1.51. The van der Waals surface area contributed by atoms with Crippen molar-refractivity contribution in [2.45, 2.75) is 0 Å². The molecule has 0 saturated heterocycles. The van der Waals surface area contributed by atoms with E-state index in [0.717, 1.165) is 17.2 Å². The molecule has 40 heavy (non-hydrogen) atoms. The highest BCUT2D eigenvalue weighted by Crippen LogP contribution is 2.43. The Labute approximate surface area is 229 Å². The maximum Gasteiger partial charge on any atom is 0.256 e. The van der Waals surface area contributed by atoms with E-state index in [-0.39, 0.29) is 6.71 Å². The summed E-state index contributed by atoms with van der Waals surface area (Å²) in [5, 5.41) is 5.04. The number of rotatable bonds is 1. The lowest BCUT2D eigenvalue weighted by molar-refractivity contribution is 0.487. The quantitative estimate of drug-likeness (QED) is 0.247. The van der Waals surface area contributed by atoms with Crippen LogP contribution in [0.2, 0.25) is 0 Å². The van der Waals surface area contributed by atoms with E-state index in [4.69, 9.17) is 4.74 Å². The monoisotopic (exact) mass is 509 g/mol. The number of hydrogen-bond acceptors (Lipinski definition) is 2. The summed E-state index contributed by atoms with van der Waals surface area (Å²) >= 11 is 0. The van der Waals surface area contributed by atoms with Crippen molar-refractivity contribution in [1.82, 2.24) is 14.1 Å². The molecule has 5 heteroatoms. The van der Waals surface area contributed by atoms with Crippen molar-refractivity contribution in [2.75, 3.05) is 0 Å². The standard InChI is InChI=1S/C35H20BN3O/c1-4-13-27-22(10-1)24-19-26-35-32(34(24)38(27)21-9-8-18-37-20-21)23-11-2-5-14-28(23)39(35)29-15-7-17-31-33(29)36(26)25-12-3-6-16-30(25)40-31/h1-20H. The summed E-state index contributed by atoms with van der Waals surface area (Å²) in [7, 11) is 0. The van der Waals surface area contributed by atoms with Gasteiger partial charge < -0.3 is 13.9 Å². The van der Waals surface area contributed by atoms with Crippen LogP contribution in [0.15, 0.2) is 122 Å². The van der Waals surface area contributed by atoms with E-state index in [0.29, 0.717) is 0 Å².